The molecule has 0 aliphatic carbocycles. The van der Waals surface area contributed by atoms with Crippen molar-refractivity contribution in [3.05, 3.63) is 28.8 Å². The normalized spacial score (nSPS) is 21.1. The number of morpholine rings is 1. The van der Waals surface area contributed by atoms with Gasteiger partial charge in [0.1, 0.15) is 0 Å². The fourth-order valence-electron chi connectivity index (χ4n) is 2.41. The Morgan fingerprint density at radius 3 is 2.86 bits per heavy atom. The maximum Gasteiger partial charge on any atom is 0.418 e. The first kappa shape index (κ1) is 16.4. The molecule has 2 unspecified atom stereocenters. The van der Waals surface area contributed by atoms with Crippen LogP contribution in [0.15, 0.2) is 18.2 Å². The second kappa shape index (κ2) is 6.85. The summed E-state index contributed by atoms with van der Waals surface area (Å²) >= 11 is 5.92. The van der Waals surface area contributed by atoms with Crippen LogP contribution in [0.4, 0.5) is 18.9 Å². The fourth-order valence-corrected chi connectivity index (χ4v) is 2.64. The van der Waals surface area contributed by atoms with Gasteiger partial charge in [-0.1, -0.05) is 17.7 Å². The lowest BCUT2D eigenvalue weighted by Crippen LogP contribution is -2.43. The van der Waals surface area contributed by atoms with Crippen LogP contribution < -0.4 is 10.6 Å². The number of anilines is 1. The van der Waals surface area contributed by atoms with E-state index < -0.39 is 11.7 Å². The number of hydrogen-bond donors (Lipinski definition) is 2. The number of alkyl halides is 3. The SMILES string of the molecule is CC(CC1COCCN1)Nc1c(Cl)cccc1C(F)(F)F. The van der Waals surface area contributed by atoms with Crippen molar-refractivity contribution in [1.29, 1.82) is 0 Å². The van der Waals surface area contributed by atoms with Gasteiger partial charge in [0.25, 0.3) is 0 Å². The first-order valence-electron chi connectivity index (χ1n) is 6.81. The van der Waals surface area contributed by atoms with E-state index in [-0.39, 0.29) is 22.8 Å². The van der Waals surface area contributed by atoms with Crippen molar-refractivity contribution in [3.63, 3.8) is 0 Å². The van der Waals surface area contributed by atoms with Crippen molar-refractivity contribution in [1.82, 2.24) is 5.32 Å². The van der Waals surface area contributed by atoms with E-state index in [0.29, 0.717) is 19.6 Å². The highest BCUT2D eigenvalue weighted by Crippen LogP contribution is 2.38. The van der Waals surface area contributed by atoms with Gasteiger partial charge in [-0.2, -0.15) is 13.2 Å². The summed E-state index contributed by atoms with van der Waals surface area (Å²) in [4.78, 5) is 0. The van der Waals surface area contributed by atoms with Gasteiger partial charge in [0.2, 0.25) is 0 Å². The van der Waals surface area contributed by atoms with Gasteiger partial charge in [0.15, 0.2) is 0 Å². The van der Waals surface area contributed by atoms with Crippen molar-refractivity contribution < 1.29 is 17.9 Å². The number of para-hydroxylation sites is 1. The molecule has 0 amide bonds. The predicted octanol–water partition coefficient (Wildman–Crippen LogP) is 3.54. The van der Waals surface area contributed by atoms with E-state index in [2.05, 4.69) is 10.6 Å². The number of rotatable bonds is 4. The molecule has 7 heteroatoms. The number of hydrogen-bond acceptors (Lipinski definition) is 3. The van der Waals surface area contributed by atoms with Crippen LogP contribution in [0.1, 0.15) is 18.9 Å². The summed E-state index contributed by atoms with van der Waals surface area (Å²) in [6, 6.07) is 3.76. The van der Waals surface area contributed by atoms with Crippen LogP contribution in [0.2, 0.25) is 5.02 Å². The molecule has 0 spiro atoms. The summed E-state index contributed by atoms with van der Waals surface area (Å²) in [5.74, 6) is 0. The second-order valence-electron chi connectivity index (χ2n) is 5.17. The van der Waals surface area contributed by atoms with Crippen LogP contribution in [0.3, 0.4) is 0 Å². The molecular weight excluding hydrogens is 305 g/mol. The minimum absolute atomic E-state index is 0.0594. The zero-order chi connectivity index (χ0) is 15.5. The van der Waals surface area contributed by atoms with E-state index in [9.17, 15) is 13.2 Å². The third kappa shape index (κ3) is 4.49. The third-order valence-corrected chi connectivity index (χ3v) is 3.66. The van der Waals surface area contributed by atoms with Gasteiger partial charge in [-0.3, -0.25) is 0 Å². The van der Waals surface area contributed by atoms with Crippen molar-refractivity contribution >= 4 is 17.3 Å². The van der Waals surface area contributed by atoms with Gasteiger partial charge in [0.05, 0.1) is 29.5 Å². The highest BCUT2D eigenvalue weighted by Gasteiger charge is 2.34. The monoisotopic (exact) mass is 322 g/mol. The number of benzene rings is 1. The molecular formula is C14H18ClF3N2O. The summed E-state index contributed by atoms with van der Waals surface area (Å²) < 4.78 is 44.4. The topological polar surface area (TPSA) is 33.3 Å². The Balaban J connectivity index is 2.07. The van der Waals surface area contributed by atoms with Gasteiger partial charge >= 0.3 is 6.18 Å². The van der Waals surface area contributed by atoms with Crippen molar-refractivity contribution in [3.8, 4) is 0 Å². The Labute approximate surface area is 126 Å². The molecule has 21 heavy (non-hydrogen) atoms. The first-order valence-corrected chi connectivity index (χ1v) is 7.19. The molecule has 0 aromatic heterocycles. The third-order valence-electron chi connectivity index (χ3n) is 3.35. The molecule has 1 aromatic carbocycles. The average molecular weight is 323 g/mol. The first-order chi connectivity index (χ1) is 9.88. The molecule has 1 heterocycles. The summed E-state index contributed by atoms with van der Waals surface area (Å²) in [7, 11) is 0. The lowest BCUT2D eigenvalue weighted by Gasteiger charge is -2.28. The van der Waals surface area contributed by atoms with E-state index in [0.717, 1.165) is 12.6 Å². The standard InChI is InChI=1S/C14H18ClF3N2O/c1-9(7-10-8-21-6-5-19-10)20-13-11(14(16,17)18)3-2-4-12(13)15/h2-4,9-10,19-20H,5-8H2,1H3. The van der Waals surface area contributed by atoms with Gasteiger partial charge < -0.3 is 15.4 Å². The predicted molar refractivity (Wildman–Crippen MR) is 76.8 cm³/mol. The molecule has 3 nitrogen and oxygen atoms in total. The lowest BCUT2D eigenvalue weighted by molar-refractivity contribution is -0.137. The molecule has 2 atom stereocenters. The molecule has 1 aromatic rings. The van der Waals surface area contributed by atoms with E-state index in [4.69, 9.17) is 16.3 Å². The smallest absolute Gasteiger partial charge is 0.381 e. The summed E-state index contributed by atoms with van der Waals surface area (Å²) in [6.07, 6.45) is -3.78. The van der Waals surface area contributed by atoms with Crippen LogP contribution in [-0.2, 0) is 10.9 Å². The van der Waals surface area contributed by atoms with Crippen LogP contribution in [-0.4, -0.2) is 31.8 Å². The van der Waals surface area contributed by atoms with Gasteiger partial charge in [-0.15, -0.1) is 0 Å². The Morgan fingerprint density at radius 1 is 1.48 bits per heavy atom. The maximum absolute atomic E-state index is 13.0. The van der Waals surface area contributed by atoms with E-state index >= 15 is 0 Å². The minimum Gasteiger partial charge on any atom is -0.381 e. The van der Waals surface area contributed by atoms with E-state index in [1.807, 2.05) is 6.92 Å². The van der Waals surface area contributed by atoms with Gasteiger partial charge in [0, 0.05) is 18.6 Å². The molecule has 0 bridgehead atoms. The second-order valence-corrected chi connectivity index (χ2v) is 5.57. The molecule has 2 rings (SSSR count). The average Bonchev–Trinajstić information content (AvgIpc) is 2.41. The Bertz CT molecular complexity index is 476. The molecule has 1 fully saturated rings. The fraction of sp³-hybridized carbons (Fsp3) is 0.571. The van der Waals surface area contributed by atoms with Gasteiger partial charge in [-0.05, 0) is 25.5 Å². The van der Waals surface area contributed by atoms with E-state index in [1.54, 1.807) is 0 Å². The Hall–Kier alpha value is -0.980. The number of halogens is 4. The van der Waals surface area contributed by atoms with Crippen LogP contribution >= 0.6 is 11.6 Å². The van der Waals surface area contributed by atoms with E-state index in [1.165, 1.54) is 12.1 Å². The lowest BCUT2D eigenvalue weighted by atomic mass is 10.1. The number of nitrogens with one attached hydrogen (secondary N) is 2. The van der Waals surface area contributed by atoms with Gasteiger partial charge in [-0.25, -0.2) is 0 Å². The molecule has 1 saturated heterocycles. The summed E-state index contributed by atoms with van der Waals surface area (Å²) in [6.45, 7) is 3.83. The Morgan fingerprint density at radius 2 is 2.24 bits per heavy atom. The van der Waals surface area contributed by atoms with Crippen molar-refractivity contribution in [2.75, 3.05) is 25.1 Å². The maximum atomic E-state index is 13.0. The van der Waals surface area contributed by atoms with Crippen LogP contribution in [0.25, 0.3) is 0 Å². The quantitative estimate of drug-likeness (QED) is 0.889. The molecule has 1 aliphatic rings. The highest BCUT2D eigenvalue weighted by atomic mass is 35.5. The summed E-state index contributed by atoms with van der Waals surface area (Å²) in [5.41, 5.74) is -0.800. The zero-order valence-corrected chi connectivity index (χ0v) is 12.4. The molecule has 2 N–H and O–H groups in total. The largest absolute Gasteiger partial charge is 0.418 e. The van der Waals surface area contributed by atoms with Crippen LogP contribution in [0.5, 0.6) is 0 Å². The summed E-state index contributed by atoms with van der Waals surface area (Å²) in [5, 5.41) is 6.23. The van der Waals surface area contributed by atoms with Crippen molar-refractivity contribution in [2.45, 2.75) is 31.6 Å². The zero-order valence-electron chi connectivity index (χ0n) is 11.6. The highest BCUT2D eigenvalue weighted by molar-refractivity contribution is 6.33. The Kier molecular flexibility index (Phi) is 5.35. The van der Waals surface area contributed by atoms with Crippen LogP contribution in [0, 0.1) is 0 Å². The molecule has 118 valence electrons. The molecule has 0 radical (unpaired) electrons. The number of ether oxygens (including phenoxy) is 1. The van der Waals surface area contributed by atoms with Crippen molar-refractivity contribution in [2.24, 2.45) is 0 Å². The minimum atomic E-state index is -4.43. The molecule has 1 aliphatic heterocycles. The molecule has 0 saturated carbocycles.